The molecule has 24 heteroatoms. The number of phenols is 5. The Morgan fingerprint density at radius 3 is 1.10 bits per heavy atom. The van der Waals surface area contributed by atoms with Gasteiger partial charge in [-0.25, -0.2) is 0 Å². The molecule has 4 rings (SSSR count). The maximum atomic E-state index is 12.4. The van der Waals surface area contributed by atoms with Gasteiger partial charge in [0.2, 0.25) is 20.5 Å². The second kappa shape index (κ2) is 40.7. The molecule has 0 heterocycles. The Hall–Kier alpha value is -7.48. The molecule has 0 radical (unpaired) electrons. The smallest absolute Gasteiger partial charge is 0.306 e. The molecule has 20 nitrogen and oxygen atoms in total. The lowest BCUT2D eigenvalue weighted by Gasteiger charge is -2.31. The average molecular weight is 1210 g/mol. The molecule has 0 spiro atoms. The zero-order valence-corrected chi connectivity index (χ0v) is 48.9. The fourth-order valence-corrected chi connectivity index (χ4v) is 8.70. The van der Waals surface area contributed by atoms with Crippen LogP contribution < -0.4 is 14.2 Å². The van der Waals surface area contributed by atoms with Crippen LogP contribution in [-0.4, -0.2) is 155 Å². The first-order valence-electron chi connectivity index (χ1n) is 24.5. The molecule has 0 saturated carbocycles. The molecule has 4 aromatic rings. The Kier molecular flexibility index (Phi) is 35.0. The van der Waals surface area contributed by atoms with E-state index < -0.39 is 17.4 Å². The highest BCUT2D eigenvalue weighted by Crippen LogP contribution is 2.30. The number of esters is 2. The van der Waals surface area contributed by atoms with Crippen molar-refractivity contribution < 1.29 is 97.0 Å². The molecular formula is C58H66O20S4. The number of hydrogen-bond donors (Lipinski definition) is 5. The normalized spacial score (nSPS) is 11.1. The average Bonchev–Trinajstić information content (AvgIpc) is 3.48. The Morgan fingerprint density at radius 1 is 0.415 bits per heavy atom. The highest BCUT2D eigenvalue weighted by atomic mass is 32.2. The van der Waals surface area contributed by atoms with Crippen molar-refractivity contribution in [2.24, 2.45) is 5.41 Å². The highest BCUT2D eigenvalue weighted by Gasteiger charge is 2.34. The van der Waals surface area contributed by atoms with Gasteiger partial charge in [-0.15, -0.1) is 0 Å². The van der Waals surface area contributed by atoms with E-state index in [2.05, 4.69) is 0 Å². The molecule has 4 aromatic carbocycles. The molecule has 0 amide bonds. The summed E-state index contributed by atoms with van der Waals surface area (Å²) in [5.41, 5.74) is 1.62. The molecule has 0 aliphatic rings. The quantitative estimate of drug-likeness (QED) is 0.0103. The SMILES string of the molecule is COCC(COC)(COC(=O)CCSC(=O)/C=C/c1ccc(OC)c(O)c1)COC(=O)CCSC(=O)/C=C/c1ccc(O)c(OC)c1.COc1ccc(/C=C/C(=O)SCCC=O)cc1O.O=CCCSC(=O)/C=C/c1ccc(O)c(O)c1. The van der Waals surface area contributed by atoms with Gasteiger partial charge >= 0.3 is 11.9 Å². The molecule has 0 aromatic heterocycles. The summed E-state index contributed by atoms with van der Waals surface area (Å²) in [6.07, 6.45) is 13.9. The van der Waals surface area contributed by atoms with Gasteiger partial charge in [0.05, 0.1) is 52.8 Å². The fourth-order valence-electron chi connectivity index (χ4n) is 6.27. The summed E-state index contributed by atoms with van der Waals surface area (Å²) in [7, 11) is 7.25. The summed E-state index contributed by atoms with van der Waals surface area (Å²) in [5.74, 6) is 0.759. The zero-order valence-electron chi connectivity index (χ0n) is 45.7. The minimum absolute atomic E-state index is 0.0101. The van der Waals surface area contributed by atoms with Crippen molar-refractivity contribution in [2.75, 3.05) is 85.0 Å². The topological polar surface area (TPSA) is 302 Å². The first-order valence-corrected chi connectivity index (χ1v) is 28.5. The summed E-state index contributed by atoms with van der Waals surface area (Å²) in [4.78, 5) is 92.1. The maximum Gasteiger partial charge on any atom is 0.306 e. The van der Waals surface area contributed by atoms with Crippen LogP contribution in [0, 0.1) is 5.41 Å². The van der Waals surface area contributed by atoms with E-state index in [1.54, 1.807) is 60.7 Å². The van der Waals surface area contributed by atoms with Gasteiger partial charge in [0.25, 0.3) is 0 Å². The third-order valence-corrected chi connectivity index (χ3v) is 13.7. The third kappa shape index (κ3) is 29.3. The van der Waals surface area contributed by atoms with Crippen LogP contribution >= 0.6 is 47.0 Å². The minimum Gasteiger partial charge on any atom is -0.504 e. The van der Waals surface area contributed by atoms with E-state index in [4.69, 9.17) is 38.3 Å². The van der Waals surface area contributed by atoms with Gasteiger partial charge in [0.1, 0.15) is 25.8 Å². The largest absolute Gasteiger partial charge is 0.504 e. The van der Waals surface area contributed by atoms with Crippen LogP contribution in [0.4, 0.5) is 0 Å². The number of aldehydes is 2. The third-order valence-electron chi connectivity index (χ3n) is 10.3. The van der Waals surface area contributed by atoms with E-state index in [-0.39, 0.29) is 106 Å². The molecule has 0 saturated heterocycles. The van der Waals surface area contributed by atoms with E-state index in [9.17, 15) is 58.8 Å². The summed E-state index contributed by atoms with van der Waals surface area (Å²) in [5, 5.41) is 46.6. The summed E-state index contributed by atoms with van der Waals surface area (Å²) >= 11 is 4.03. The van der Waals surface area contributed by atoms with Crippen molar-refractivity contribution in [3.05, 3.63) is 119 Å². The van der Waals surface area contributed by atoms with Crippen molar-refractivity contribution in [3.8, 4) is 46.0 Å². The highest BCUT2D eigenvalue weighted by molar-refractivity contribution is 8.14. The van der Waals surface area contributed by atoms with E-state index in [0.717, 1.165) is 59.6 Å². The lowest BCUT2D eigenvalue weighted by molar-refractivity contribution is -0.160. The van der Waals surface area contributed by atoms with Crippen LogP contribution in [0.1, 0.15) is 47.9 Å². The van der Waals surface area contributed by atoms with Crippen molar-refractivity contribution in [3.63, 3.8) is 0 Å². The minimum atomic E-state index is -0.971. The van der Waals surface area contributed by atoms with Crippen LogP contribution in [0.2, 0.25) is 0 Å². The molecule has 0 fully saturated rings. The number of phenolic OH excluding ortho intramolecular Hbond substituents is 5. The van der Waals surface area contributed by atoms with Crippen LogP contribution in [0.5, 0.6) is 46.0 Å². The Labute approximate surface area is 492 Å². The second-order valence-corrected chi connectivity index (χ2v) is 21.0. The van der Waals surface area contributed by atoms with Crippen LogP contribution in [0.3, 0.4) is 0 Å². The van der Waals surface area contributed by atoms with Crippen molar-refractivity contribution in [1.82, 2.24) is 0 Å². The number of aromatic hydroxyl groups is 5. The van der Waals surface area contributed by atoms with Gasteiger partial charge < -0.3 is 68.3 Å². The molecule has 442 valence electrons. The number of thioether (sulfide) groups is 4. The lowest BCUT2D eigenvalue weighted by Crippen LogP contribution is -2.42. The molecule has 5 N–H and O–H groups in total. The summed E-state index contributed by atoms with van der Waals surface area (Å²) in [6, 6.07) is 18.6. The fraction of sp³-hybridized carbons (Fsp3) is 0.310. The van der Waals surface area contributed by atoms with Crippen LogP contribution in [0.15, 0.2) is 97.1 Å². The van der Waals surface area contributed by atoms with Crippen LogP contribution in [-0.2, 0) is 57.3 Å². The molecule has 0 unspecified atom stereocenters. The second-order valence-electron chi connectivity index (χ2n) is 16.6. The molecule has 0 atom stereocenters. The standard InChI is InChI=1S/C33H40O12S2.C13H14O4S.C12H12O4S/c1-40-19-33(20-41-2,21-44-29(36)13-15-46-31(38)11-7-23-6-10-27(42-3)26(35)17-23)22-45-30(37)14-16-47-32(39)12-8-24-5-9-25(34)28(18-24)43-4;1-17-12-5-3-10(9-11(12)15)4-6-13(16)18-8-2-7-14;13-6-1-7-17-12(16)5-3-9-2-4-10(14)11(15)8-9/h5-12,17-18,34-35H,13-16,19-22H2,1-4H3;3-7,9,15H,2,8H2,1H3;2-6,8,14-15H,1,7H2/b11-7+,12-8+;6-4+;5-3+. The molecule has 0 bridgehead atoms. The molecule has 0 aliphatic carbocycles. The van der Waals surface area contributed by atoms with E-state index in [1.807, 2.05) is 0 Å². The molecular weight excluding hydrogens is 1140 g/mol. The first kappa shape index (κ1) is 70.6. The van der Waals surface area contributed by atoms with Gasteiger partial charge in [-0.3, -0.25) is 28.8 Å². The number of benzene rings is 4. The van der Waals surface area contributed by atoms with Gasteiger partial charge in [-0.1, -0.05) is 95.6 Å². The number of ether oxygens (including phenoxy) is 7. The predicted molar refractivity (Wildman–Crippen MR) is 318 cm³/mol. The Bertz CT molecular complexity index is 2840. The molecule has 0 aliphatic heterocycles. The monoisotopic (exact) mass is 1210 g/mol. The van der Waals surface area contributed by atoms with Gasteiger partial charge in [-0.2, -0.15) is 0 Å². The van der Waals surface area contributed by atoms with Gasteiger partial charge in [-0.05, 0) is 95.1 Å². The number of hydrogen-bond acceptors (Lipinski definition) is 24. The van der Waals surface area contributed by atoms with E-state index in [1.165, 1.54) is 96.3 Å². The van der Waals surface area contributed by atoms with Crippen molar-refractivity contribution in [1.29, 1.82) is 0 Å². The first-order chi connectivity index (χ1) is 39.3. The van der Waals surface area contributed by atoms with Crippen molar-refractivity contribution >= 4 is 116 Å². The Morgan fingerprint density at radius 2 is 0.756 bits per heavy atom. The maximum absolute atomic E-state index is 12.4. The Balaban J connectivity index is 0.000000530. The predicted octanol–water partition coefficient (Wildman–Crippen LogP) is 8.73. The van der Waals surface area contributed by atoms with Gasteiger partial charge in [0, 0.05) is 50.1 Å². The lowest BCUT2D eigenvalue weighted by atomic mass is 9.92. The summed E-state index contributed by atoms with van der Waals surface area (Å²) < 4.78 is 36.4. The zero-order chi connectivity index (χ0) is 60.7. The van der Waals surface area contributed by atoms with E-state index >= 15 is 0 Å². The summed E-state index contributed by atoms with van der Waals surface area (Å²) in [6.45, 7) is -0.165. The number of carbonyl (C=O) groups is 8. The van der Waals surface area contributed by atoms with Crippen molar-refractivity contribution in [2.45, 2.75) is 25.7 Å². The number of carbonyl (C=O) groups excluding carboxylic acids is 8. The number of rotatable bonds is 31. The van der Waals surface area contributed by atoms with Gasteiger partial charge in [0.15, 0.2) is 46.0 Å². The van der Waals surface area contributed by atoms with E-state index in [0.29, 0.717) is 58.1 Å². The number of methoxy groups -OCH3 is 5. The van der Waals surface area contributed by atoms with Crippen LogP contribution in [0.25, 0.3) is 24.3 Å². The molecule has 82 heavy (non-hydrogen) atoms.